The number of rotatable bonds is 5. The lowest BCUT2D eigenvalue weighted by molar-refractivity contribution is -0.115. The SMILES string of the molecule is CC.Cc1c(F)c(F)c(F)c(F)c1CC(=O)Nc1ncc(-c2ccc(F)cc2)nc1-c1ccccc1. The summed E-state index contributed by atoms with van der Waals surface area (Å²) in [5, 5.41) is 2.48. The molecule has 0 fully saturated rings. The van der Waals surface area contributed by atoms with E-state index >= 15 is 0 Å². The molecule has 0 aliphatic heterocycles. The van der Waals surface area contributed by atoms with E-state index in [1.165, 1.54) is 30.5 Å². The highest BCUT2D eigenvalue weighted by molar-refractivity contribution is 5.95. The zero-order chi connectivity index (χ0) is 26.4. The molecule has 0 aliphatic carbocycles. The summed E-state index contributed by atoms with van der Waals surface area (Å²) in [5.74, 6) is -8.36. The number of carbonyl (C=O) groups excluding carboxylic acids is 1. The standard InChI is InChI=1S/C25H16F5N3O.C2H6/c1-13-17(21(28)23(30)22(29)20(13)27)11-19(34)33-25-24(15-5-3-2-4-6-15)32-18(12-31-25)14-7-9-16(26)10-8-14;1-2/h2-10,12H,11H2,1H3,(H,31,33,34);1-2H3. The molecule has 0 spiro atoms. The molecule has 4 nitrogen and oxygen atoms in total. The van der Waals surface area contributed by atoms with E-state index in [1.54, 1.807) is 30.3 Å². The molecule has 4 aromatic rings. The van der Waals surface area contributed by atoms with Crippen LogP contribution < -0.4 is 5.32 Å². The Hall–Kier alpha value is -4.14. The summed E-state index contributed by atoms with van der Waals surface area (Å²) in [6, 6.07) is 14.3. The van der Waals surface area contributed by atoms with Crippen molar-refractivity contribution in [2.45, 2.75) is 27.2 Å². The van der Waals surface area contributed by atoms with E-state index < -0.39 is 52.5 Å². The Bertz CT molecular complexity index is 1350. The van der Waals surface area contributed by atoms with Crippen LogP contribution in [-0.2, 0) is 11.2 Å². The summed E-state index contributed by atoms with van der Waals surface area (Å²) in [7, 11) is 0. The smallest absolute Gasteiger partial charge is 0.230 e. The third-order valence-corrected chi connectivity index (χ3v) is 5.18. The summed E-state index contributed by atoms with van der Waals surface area (Å²) < 4.78 is 68.4. The third-order valence-electron chi connectivity index (χ3n) is 5.18. The van der Waals surface area contributed by atoms with E-state index in [1.807, 2.05) is 13.8 Å². The molecule has 9 heteroatoms. The Balaban J connectivity index is 0.00000176. The fourth-order valence-electron chi connectivity index (χ4n) is 3.37. The number of hydrogen-bond acceptors (Lipinski definition) is 3. The van der Waals surface area contributed by atoms with Crippen molar-refractivity contribution in [2.24, 2.45) is 0 Å². The number of amides is 1. The Morgan fingerprint density at radius 3 is 2.06 bits per heavy atom. The van der Waals surface area contributed by atoms with Gasteiger partial charge in [-0.15, -0.1) is 0 Å². The lowest BCUT2D eigenvalue weighted by atomic mass is 10.0. The number of benzene rings is 3. The van der Waals surface area contributed by atoms with Gasteiger partial charge in [-0.3, -0.25) is 4.79 Å². The van der Waals surface area contributed by atoms with Gasteiger partial charge in [0.1, 0.15) is 11.5 Å². The van der Waals surface area contributed by atoms with Crippen molar-refractivity contribution >= 4 is 11.7 Å². The fourth-order valence-corrected chi connectivity index (χ4v) is 3.37. The average Bonchev–Trinajstić information content (AvgIpc) is 2.91. The van der Waals surface area contributed by atoms with E-state index in [0.717, 1.165) is 6.92 Å². The van der Waals surface area contributed by atoms with E-state index in [4.69, 9.17) is 0 Å². The van der Waals surface area contributed by atoms with Crippen LogP contribution in [0.5, 0.6) is 0 Å². The molecule has 0 radical (unpaired) electrons. The predicted molar refractivity (Wildman–Crippen MR) is 128 cm³/mol. The van der Waals surface area contributed by atoms with Crippen molar-refractivity contribution < 1.29 is 26.7 Å². The molecule has 0 bridgehead atoms. The first-order valence-electron chi connectivity index (χ1n) is 11.1. The highest BCUT2D eigenvalue weighted by Gasteiger charge is 2.25. The first-order chi connectivity index (χ1) is 17.3. The third kappa shape index (κ3) is 5.56. The molecule has 1 heterocycles. The molecule has 1 N–H and O–H groups in total. The largest absolute Gasteiger partial charge is 0.309 e. The van der Waals surface area contributed by atoms with Crippen molar-refractivity contribution in [3.05, 3.63) is 101 Å². The molecule has 0 saturated heterocycles. The van der Waals surface area contributed by atoms with Crippen molar-refractivity contribution in [2.75, 3.05) is 5.32 Å². The van der Waals surface area contributed by atoms with Gasteiger partial charge in [0, 0.05) is 16.7 Å². The van der Waals surface area contributed by atoms with Crippen LogP contribution in [0, 0.1) is 36.0 Å². The molecule has 186 valence electrons. The summed E-state index contributed by atoms with van der Waals surface area (Å²) in [4.78, 5) is 21.4. The molecule has 0 aliphatic rings. The minimum Gasteiger partial charge on any atom is -0.309 e. The number of hydrogen-bond donors (Lipinski definition) is 1. The zero-order valence-corrected chi connectivity index (χ0v) is 19.7. The topological polar surface area (TPSA) is 54.9 Å². The van der Waals surface area contributed by atoms with Gasteiger partial charge >= 0.3 is 0 Å². The second kappa shape index (κ2) is 11.5. The van der Waals surface area contributed by atoms with Gasteiger partial charge in [-0.05, 0) is 36.8 Å². The van der Waals surface area contributed by atoms with Gasteiger partial charge in [0.25, 0.3) is 0 Å². The molecule has 4 rings (SSSR count). The monoisotopic (exact) mass is 499 g/mol. The highest BCUT2D eigenvalue weighted by atomic mass is 19.2. The number of halogens is 5. The van der Waals surface area contributed by atoms with Crippen LogP contribution in [0.4, 0.5) is 27.8 Å². The van der Waals surface area contributed by atoms with Gasteiger partial charge in [-0.1, -0.05) is 44.2 Å². The number of aromatic nitrogens is 2. The van der Waals surface area contributed by atoms with Crippen LogP contribution in [0.1, 0.15) is 25.0 Å². The number of carbonyl (C=O) groups is 1. The Morgan fingerprint density at radius 2 is 1.42 bits per heavy atom. The van der Waals surface area contributed by atoms with Crippen molar-refractivity contribution in [3.63, 3.8) is 0 Å². The van der Waals surface area contributed by atoms with Crippen LogP contribution in [0.25, 0.3) is 22.5 Å². The molecule has 36 heavy (non-hydrogen) atoms. The van der Waals surface area contributed by atoms with E-state index in [0.29, 0.717) is 16.8 Å². The summed E-state index contributed by atoms with van der Waals surface area (Å²) in [6.45, 7) is 5.05. The van der Waals surface area contributed by atoms with Crippen LogP contribution in [0.2, 0.25) is 0 Å². The summed E-state index contributed by atoms with van der Waals surface area (Å²) >= 11 is 0. The van der Waals surface area contributed by atoms with E-state index in [2.05, 4.69) is 15.3 Å². The van der Waals surface area contributed by atoms with Crippen molar-refractivity contribution in [1.29, 1.82) is 0 Å². The molecule has 1 amide bonds. The molecule has 0 atom stereocenters. The second-order valence-electron chi connectivity index (χ2n) is 7.41. The van der Waals surface area contributed by atoms with E-state index in [9.17, 15) is 26.7 Å². The number of nitrogens with zero attached hydrogens (tertiary/aromatic N) is 2. The first-order valence-corrected chi connectivity index (χ1v) is 11.1. The Labute approximate surface area is 204 Å². The maximum absolute atomic E-state index is 14.2. The quantitative estimate of drug-likeness (QED) is 0.182. The maximum atomic E-state index is 14.2. The summed E-state index contributed by atoms with van der Waals surface area (Å²) in [5.41, 5.74) is 0.735. The number of anilines is 1. The van der Waals surface area contributed by atoms with Gasteiger partial charge in [0.05, 0.1) is 18.3 Å². The fraction of sp³-hybridized carbons (Fsp3) is 0.148. The number of nitrogens with one attached hydrogen (secondary N) is 1. The van der Waals surface area contributed by atoms with Gasteiger partial charge in [-0.25, -0.2) is 31.9 Å². The molecule has 0 unspecified atom stereocenters. The van der Waals surface area contributed by atoms with Crippen LogP contribution in [-0.4, -0.2) is 15.9 Å². The predicted octanol–water partition coefficient (Wildman–Crippen LogP) is 7.02. The van der Waals surface area contributed by atoms with Crippen LogP contribution in [0.15, 0.2) is 60.8 Å². The Morgan fingerprint density at radius 1 is 0.806 bits per heavy atom. The van der Waals surface area contributed by atoms with Gasteiger partial charge in [0.15, 0.2) is 29.1 Å². The van der Waals surface area contributed by atoms with Crippen LogP contribution >= 0.6 is 0 Å². The molecule has 3 aromatic carbocycles. The minimum atomic E-state index is -1.99. The first kappa shape index (κ1) is 26.5. The lowest BCUT2D eigenvalue weighted by Gasteiger charge is -2.13. The Kier molecular flexibility index (Phi) is 8.47. The molecule has 1 aromatic heterocycles. The van der Waals surface area contributed by atoms with Crippen molar-refractivity contribution in [1.82, 2.24) is 9.97 Å². The van der Waals surface area contributed by atoms with E-state index in [-0.39, 0.29) is 11.5 Å². The minimum absolute atomic E-state index is 0.0168. The zero-order valence-electron chi connectivity index (χ0n) is 19.7. The molecular weight excluding hydrogens is 477 g/mol. The van der Waals surface area contributed by atoms with Crippen molar-refractivity contribution in [3.8, 4) is 22.5 Å². The van der Waals surface area contributed by atoms with Gasteiger partial charge < -0.3 is 5.32 Å². The normalized spacial score (nSPS) is 10.4. The average molecular weight is 499 g/mol. The van der Waals surface area contributed by atoms with Gasteiger partial charge in [-0.2, -0.15) is 0 Å². The maximum Gasteiger partial charge on any atom is 0.230 e. The molecular formula is C27H22F5N3O. The molecule has 0 saturated carbocycles. The second-order valence-corrected chi connectivity index (χ2v) is 7.41. The lowest BCUT2D eigenvalue weighted by Crippen LogP contribution is -2.19. The highest BCUT2D eigenvalue weighted by Crippen LogP contribution is 2.29. The van der Waals surface area contributed by atoms with Crippen LogP contribution in [0.3, 0.4) is 0 Å². The van der Waals surface area contributed by atoms with Gasteiger partial charge in [0.2, 0.25) is 5.91 Å². The summed E-state index contributed by atoms with van der Waals surface area (Å²) in [6.07, 6.45) is 0.597.